The molecule has 4 unspecified atom stereocenters. The fourth-order valence-corrected chi connectivity index (χ4v) is 7.22. The molecule has 4 atom stereocenters. The van der Waals surface area contributed by atoms with Crippen LogP contribution in [-0.4, -0.2) is 0 Å². The molecule has 0 saturated heterocycles. The van der Waals surface area contributed by atoms with E-state index in [0.717, 1.165) is 71.0 Å². The average Bonchev–Trinajstić information content (AvgIpc) is 3.31. The summed E-state index contributed by atoms with van der Waals surface area (Å²) in [5, 5.41) is 0. The summed E-state index contributed by atoms with van der Waals surface area (Å²) < 4.78 is 0. The lowest BCUT2D eigenvalue weighted by Gasteiger charge is -2.33. The molecule has 0 amide bonds. The minimum Gasteiger partial charge on any atom is -0.0776 e. The summed E-state index contributed by atoms with van der Waals surface area (Å²) in [6, 6.07) is 0. The molecule has 0 spiro atoms. The lowest BCUT2D eigenvalue weighted by Crippen LogP contribution is -2.22. The normalized spacial score (nSPS) is 29.2. The van der Waals surface area contributed by atoms with Crippen molar-refractivity contribution in [1.82, 2.24) is 0 Å². The van der Waals surface area contributed by atoms with Gasteiger partial charge in [-0.05, 0) is 122 Å². The summed E-state index contributed by atoms with van der Waals surface area (Å²) in [4.78, 5) is 0. The van der Waals surface area contributed by atoms with Gasteiger partial charge in [0.1, 0.15) is 0 Å². The van der Waals surface area contributed by atoms with Gasteiger partial charge in [0, 0.05) is 0 Å². The maximum Gasteiger partial charge on any atom is -0.0388 e. The minimum atomic E-state index is 0. The summed E-state index contributed by atoms with van der Waals surface area (Å²) >= 11 is 0. The molecule has 3 fully saturated rings. The van der Waals surface area contributed by atoms with Gasteiger partial charge in [-0.2, -0.15) is 0 Å². The summed E-state index contributed by atoms with van der Waals surface area (Å²) in [6.45, 7) is 28.5. The smallest absolute Gasteiger partial charge is 0.0388 e. The maximum absolute atomic E-state index is 2.38. The molecule has 3 saturated carbocycles. The Balaban J connectivity index is -0.000000466. The predicted octanol–water partition coefficient (Wildman–Crippen LogP) is 13.8. The lowest BCUT2D eigenvalue weighted by molar-refractivity contribution is 0.177. The standard InChI is InChI=1S/2C12H24.C11H22.3CH4/c1-9(2)11-5-7-12(8-6-11)10(3)4;1-9(2)11-6-5-7-12(8-11)10(3)4;1-8(2)10-5-6-11(7-10)9(3)4;;;/h2*9-12H,5-8H2,1-4H3;8-11H,5-7H2,1-4H3;3*1H4. The fourth-order valence-electron chi connectivity index (χ4n) is 7.22. The third-order valence-corrected chi connectivity index (χ3v) is 10.7. The average molecular weight is 539 g/mol. The first-order valence-corrected chi connectivity index (χ1v) is 16.3. The second-order valence-electron chi connectivity index (χ2n) is 15.2. The van der Waals surface area contributed by atoms with E-state index in [1.807, 2.05) is 0 Å². The molecular weight excluding hydrogens is 456 g/mol. The van der Waals surface area contributed by atoms with Gasteiger partial charge in [-0.15, -0.1) is 0 Å². The van der Waals surface area contributed by atoms with Crippen LogP contribution in [0, 0.1) is 71.0 Å². The molecule has 3 aliphatic carbocycles. The van der Waals surface area contributed by atoms with Gasteiger partial charge in [0.2, 0.25) is 0 Å². The van der Waals surface area contributed by atoms with Crippen molar-refractivity contribution in [3.05, 3.63) is 0 Å². The Morgan fingerprint density at radius 1 is 0.289 bits per heavy atom. The second kappa shape index (κ2) is 21.7. The highest BCUT2D eigenvalue weighted by atomic mass is 14.3. The van der Waals surface area contributed by atoms with Crippen LogP contribution in [0.25, 0.3) is 0 Å². The van der Waals surface area contributed by atoms with Gasteiger partial charge in [0.25, 0.3) is 0 Å². The quantitative estimate of drug-likeness (QED) is 0.315. The van der Waals surface area contributed by atoms with Crippen LogP contribution in [0.5, 0.6) is 0 Å². The van der Waals surface area contributed by atoms with Crippen molar-refractivity contribution in [3.8, 4) is 0 Å². The van der Waals surface area contributed by atoms with E-state index in [4.69, 9.17) is 0 Å². The van der Waals surface area contributed by atoms with Crippen LogP contribution in [0.4, 0.5) is 0 Å². The summed E-state index contributed by atoms with van der Waals surface area (Å²) in [6.07, 6.45) is 16.4. The van der Waals surface area contributed by atoms with E-state index in [1.165, 1.54) is 70.6 Å². The zero-order valence-electron chi connectivity index (χ0n) is 26.7. The molecule has 0 heteroatoms. The first kappa shape index (κ1) is 42.5. The highest BCUT2D eigenvalue weighted by Crippen LogP contribution is 2.39. The van der Waals surface area contributed by atoms with Crippen molar-refractivity contribution in [2.45, 2.75) is 176 Å². The molecule has 38 heavy (non-hydrogen) atoms. The molecule has 3 aliphatic rings. The van der Waals surface area contributed by atoms with Crippen molar-refractivity contribution in [2.24, 2.45) is 71.0 Å². The molecule has 0 N–H and O–H groups in total. The monoisotopic (exact) mass is 539 g/mol. The van der Waals surface area contributed by atoms with Crippen LogP contribution in [-0.2, 0) is 0 Å². The molecule has 0 heterocycles. The topological polar surface area (TPSA) is 0 Å². The fraction of sp³-hybridized carbons (Fsp3) is 1.00. The summed E-state index contributed by atoms with van der Waals surface area (Å²) in [7, 11) is 0. The van der Waals surface area contributed by atoms with Gasteiger partial charge >= 0.3 is 0 Å². The molecule has 0 nitrogen and oxygen atoms in total. The highest BCUT2D eigenvalue weighted by Gasteiger charge is 2.28. The second-order valence-corrected chi connectivity index (χ2v) is 15.2. The van der Waals surface area contributed by atoms with Gasteiger partial charge in [-0.1, -0.05) is 125 Å². The Morgan fingerprint density at radius 3 is 0.658 bits per heavy atom. The van der Waals surface area contributed by atoms with E-state index in [-0.39, 0.29) is 22.3 Å². The SMILES string of the molecule is C.C.C.CC(C)C1CCC(C(C)C)C1.CC(C)C1CCC(C(C)C)CC1.CC(C)C1CCCC(C(C)C)C1. The first-order valence-electron chi connectivity index (χ1n) is 16.3. The number of hydrogen-bond acceptors (Lipinski definition) is 0. The first-order chi connectivity index (χ1) is 16.3. The van der Waals surface area contributed by atoms with E-state index in [2.05, 4.69) is 83.1 Å². The van der Waals surface area contributed by atoms with Gasteiger partial charge in [-0.25, -0.2) is 0 Å². The molecule has 0 bridgehead atoms. The van der Waals surface area contributed by atoms with Crippen LogP contribution in [0.1, 0.15) is 176 Å². The third-order valence-electron chi connectivity index (χ3n) is 10.7. The number of hydrogen-bond donors (Lipinski definition) is 0. The molecule has 234 valence electrons. The number of rotatable bonds is 6. The van der Waals surface area contributed by atoms with Crippen LogP contribution in [0.3, 0.4) is 0 Å². The van der Waals surface area contributed by atoms with E-state index < -0.39 is 0 Å². The molecule has 0 radical (unpaired) electrons. The van der Waals surface area contributed by atoms with Crippen molar-refractivity contribution in [1.29, 1.82) is 0 Å². The van der Waals surface area contributed by atoms with Gasteiger partial charge in [0.05, 0.1) is 0 Å². The molecule has 3 rings (SSSR count). The van der Waals surface area contributed by atoms with E-state index in [0.29, 0.717) is 0 Å². The van der Waals surface area contributed by atoms with Gasteiger partial charge in [-0.3, -0.25) is 0 Å². The lowest BCUT2D eigenvalue weighted by atomic mass is 9.72. The molecule has 0 aromatic heterocycles. The van der Waals surface area contributed by atoms with E-state index in [9.17, 15) is 0 Å². The van der Waals surface area contributed by atoms with E-state index >= 15 is 0 Å². The Kier molecular flexibility index (Phi) is 24.3. The highest BCUT2D eigenvalue weighted by molar-refractivity contribution is 4.79. The van der Waals surface area contributed by atoms with Crippen molar-refractivity contribution in [2.75, 3.05) is 0 Å². The largest absolute Gasteiger partial charge is 0.0776 e. The van der Waals surface area contributed by atoms with Crippen LogP contribution in [0.2, 0.25) is 0 Å². The van der Waals surface area contributed by atoms with Crippen molar-refractivity contribution < 1.29 is 0 Å². The van der Waals surface area contributed by atoms with Crippen LogP contribution in [0.15, 0.2) is 0 Å². The Morgan fingerprint density at radius 2 is 0.474 bits per heavy atom. The molecule has 0 aliphatic heterocycles. The van der Waals surface area contributed by atoms with Crippen LogP contribution >= 0.6 is 0 Å². The predicted molar refractivity (Wildman–Crippen MR) is 181 cm³/mol. The Labute approximate surface area is 246 Å². The Bertz CT molecular complexity index is 458. The maximum atomic E-state index is 2.38. The molecule has 0 aromatic rings. The minimum absolute atomic E-state index is 0. The van der Waals surface area contributed by atoms with Gasteiger partial charge in [0.15, 0.2) is 0 Å². The van der Waals surface area contributed by atoms with E-state index in [1.54, 1.807) is 0 Å². The van der Waals surface area contributed by atoms with Crippen molar-refractivity contribution >= 4 is 0 Å². The Hall–Kier alpha value is 0. The van der Waals surface area contributed by atoms with Crippen molar-refractivity contribution in [3.63, 3.8) is 0 Å². The molecule has 0 aromatic carbocycles. The summed E-state index contributed by atoms with van der Waals surface area (Å²) in [5.74, 6) is 11.6. The third kappa shape index (κ3) is 15.7. The summed E-state index contributed by atoms with van der Waals surface area (Å²) in [5.41, 5.74) is 0. The molecular formula is C38H82. The zero-order chi connectivity index (χ0) is 26.7. The van der Waals surface area contributed by atoms with Crippen LogP contribution < -0.4 is 0 Å². The van der Waals surface area contributed by atoms with Gasteiger partial charge < -0.3 is 0 Å². The zero-order valence-corrected chi connectivity index (χ0v) is 26.7.